The van der Waals surface area contributed by atoms with Crippen molar-refractivity contribution in [2.45, 2.75) is 24.4 Å². The zero-order chi connectivity index (χ0) is 22.6. The van der Waals surface area contributed by atoms with Crippen LogP contribution in [0.25, 0.3) is 0 Å². The van der Waals surface area contributed by atoms with E-state index in [4.69, 9.17) is 9.47 Å². The molecular weight excluding hydrogens is 422 g/mol. The maximum absolute atomic E-state index is 13.0. The van der Waals surface area contributed by atoms with Crippen molar-refractivity contribution in [2.24, 2.45) is 0 Å². The zero-order valence-electron chi connectivity index (χ0n) is 15.1. The summed E-state index contributed by atoms with van der Waals surface area (Å²) in [5.74, 6) is -1.34. The van der Waals surface area contributed by atoms with Crippen LogP contribution in [-0.4, -0.2) is 36.6 Å². The van der Waals surface area contributed by atoms with E-state index in [-0.39, 0.29) is 31.1 Å². The summed E-state index contributed by atoms with van der Waals surface area (Å²) in [5.41, 5.74) is -6.06. The van der Waals surface area contributed by atoms with E-state index in [2.05, 4.69) is 0 Å². The molecule has 0 aliphatic heterocycles. The Bertz CT molecular complexity index is 864. The topological polar surface area (TPSA) is 78.8 Å². The highest BCUT2D eigenvalue weighted by molar-refractivity contribution is 5.68. The molecule has 2 rings (SSSR count). The number of hydrogen-bond acceptors (Lipinski definition) is 5. The minimum Gasteiger partial charge on any atom is -0.550 e. The fourth-order valence-corrected chi connectivity index (χ4v) is 2.53. The number of hydrogen-bond donors (Lipinski definition) is 1. The van der Waals surface area contributed by atoms with E-state index >= 15 is 0 Å². The Labute approximate surface area is 166 Å². The van der Waals surface area contributed by atoms with Gasteiger partial charge in [-0.05, 0) is 29.8 Å². The number of ether oxygens (including phenoxy) is 2. The predicted molar refractivity (Wildman–Crippen MR) is 88.6 cm³/mol. The van der Waals surface area contributed by atoms with Crippen molar-refractivity contribution < 1.29 is 50.8 Å². The van der Waals surface area contributed by atoms with E-state index < -0.39 is 29.5 Å². The summed E-state index contributed by atoms with van der Waals surface area (Å²) in [7, 11) is 0. The summed E-state index contributed by atoms with van der Waals surface area (Å²) in [6, 6.07) is 8.97. The van der Waals surface area contributed by atoms with Crippen molar-refractivity contribution >= 4 is 5.97 Å². The molecule has 30 heavy (non-hydrogen) atoms. The maximum atomic E-state index is 13.0. The molecule has 0 bridgehead atoms. The van der Waals surface area contributed by atoms with Crippen LogP contribution in [0.15, 0.2) is 48.5 Å². The van der Waals surface area contributed by atoms with Crippen LogP contribution in [0.4, 0.5) is 26.3 Å². The van der Waals surface area contributed by atoms with Crippen LogP contribution in [0, 0.1) is 0 Å². The minimum atomic E-state index is -6.00. The number of alkyl halides is 6. The van der Waals surface area contributed by atoms with Gasteiger partial charge in [-0.1, -0.05) is 24.3 Å². The molecular formula is C19H15F6O5-. The lowest BCUT2D eigenvalue weighted by Gasteiger charge is -2.32. The summed E-state index contributed by atoms with van der Waals surface area (Å²) in [6.45, 7) is -0.382. The number of aliphatic carboxylic acids is 1. The molecule has 0 aromatic heterocycles. The first-order chi connectivity index (χ1) is 13.8. The van der Waals surface area contributed by atoms with E-state index in [0.717, 1.165) is 12.1 Å². The van der Waals surface area contributed by atoms with Crippen LogP contribution >= 0.6 is 0 Å². The number of carboxylic acid groups (broad SMARTS) is 1. The average molecular weight is 437 g/mol. The number of carbonyl (C=O) groups is 1. The van der Waals surface area contributed by atoms with Crippen LogP contribution in [0.1, 0.15) is 11.1 Å². The molecule has 0 saturated heterocycles. The van der Waals surface area contributed by atoms with Crippen LogP contribution in [0.5, 0.6) is 11.5 Å². The highest BCUT2D eigenvalue weighted by atomic mass is 19.4. The fourth-order valence-electron chi connectivity index (χ4n) is 2.53. The third-order valence-electron chi connectivity index (χ3n) is 3.94. The van der Waals surface area contributed by atoms with Gasteiger partial charge in [-0.25, -0.2) is 0 Å². The van der Waals surface area contributed by atoms with Crippen molar-refractivity contribution in [3.05, 3.63) is 59.7 Å². The molecule has 164 valence electrons. The monoisotopic (exact) mass is 437 g/mol. The Hall–Kier alpha value is -2.95. The number of rotatable bonds is 8. The molecule has 0 aliphatic rings. The Morgan fingerprint density at radius 2 is 1.37 bits per heavy atom. The lowest BCUT2D eigenvalue weighted by molar-refractivity contribution is -0.376. The Balaban J connectivity index is 2.04. The van der Waals surface area contributed by atoms with Crippen molar-refractivity contribution in [3.8, 4) is 11.5 Å². The average Bonchev–Trinajstić information content (AvgIpc) is 2.63. The van der Waals surface area contributed by atoms with E-state index in [1.807, 2.05) is 0 Å². The summed E-state index contributed by atoms with van der Waals surface area (Å²) in [6.07, 6.45) is -12.3. The van der Waals surface area contributed by atoms with Gasteiger partial charge in [-0.2, -0.15) is 26.3 Å². The van der Waals surface area contributed by atoms with Gasteiger partial charge >= 0.3 is 12.4 Å². The smallest absolute Gasteiger partial charge is 0.430 e. The molecule has 0 fully saturated rings. The van der Waals surface area contributed by atoms with E-state index in [9.17, 15) is 41.4 Å². The lowest BCUT2D eigenvalue weighted by Crippen LogP contribution is -2.53. The number of benzene rings is 2. The van der Waals surface area contributed by atoms with Gasteiger partial charge in [-0.15, -0.1) is 0 Å². The largest absolute Gasteiger partial charge is 0.550 e. The molecule has 0 unspecified atom stereocenters. The van der Waals surface area contributed by atoms with Crippen LogP contribution in [0.2, 0.25) is 0 Å². The number of aliphatic hydroxyl groups is 1. The van der Waals surface area contributed by atoms with Crippen LogP contribution in [0.3, 0.4) is 0 Å². The molecule has 0 saturated carbocycles. The second-order valence-electron chi connectivity index (χ2n) is 6.13. The quantitative estimate of drug-likeness (QED) is 0.508. The molecule has 0 heterocycles. The normalized spacial score (nSPS) is 12.5. The molecule has 0 spiro atoms. The number of carboxylic acids is 1. The Kier molecular flexibility index (Phi) is 6.86. The first-order valence-corrected chi connectivity index (χ1v) is 8.35. The van der Waals surface area contributed by atoms with Gasteiger partial charge in [0.2, 0.25) is 0 Å². The molecule has 1 N–H and O–H groups in total. The van der Waals surface area contributed by atoms with Gasteiger partial charge in [0, 0.05) is 18.0 Å². The van der Waals surface area contributed by atoms with Crippen molar-refractivity contribution in [2.75, 3.05) is 13.2 Å². The summed E-state index contributed by atoms with van der Waals surface area (Å²) < 4.78 is 88.1. The molecule has 11 heteroatoms. The van der Waals surface area contributed by atoms with Crippen LogP contribution < -0.4 is 14.6 Å². The number of halogens is 6. The van der Waals surface area contributed by atoms with E-state index in [0.29, 0.717) is 17.7 Å². The Morgan fingerprint density at radius 1 is 0.867 bits per heavy atom. The first-order valence-electron chi connectivity index (χ1n) is 8.35. The van der Waals surface area contributed by atoms with Gasteiger partial charge in [0.1, 0.15) is 24.7 Å². The van der Waals surface area contributed by atoms with Gasteiger partial charge in [0.05, 0.1) is 0 Å². The van der Waals surface area contributed by atoms with E-state index in [1.54, 1.807) is 0 Å². The molecule has 0 amide bonds. The standard InChI is InChI=1S/C19H16F6O5/c20-18(21,22)17(28,19(23,24)25)13-4-2-6-15(11-13)30-8-7-29-14-5-1-3-12(9-14)10-16(26)27/h1-6,9,11,28H,7-8,10H2,(H,26,27)/p-1. The molecule has 0 atom stereocenters. The second kappa shape index (κ2) is 8.82. The van der Waals surface area contributed by atoms with Crippen molar-refractivity contribution in [3.63, 3.8) is 0 Å². The molecule has 2 aromatic carbocycles. The predicted octanol–water partition coefficient (Wildman–Crippen LogP) is 2.75. The third kappa shape index (κ3) is 5.35. The third-order valence-corrected chi connectivity index (χ3v) is 3.94. The van der Waals surface area contributed by atoms with Crippen molar-refractivity contribution in [1.29, 1.82) is 0 Å². The molecule has 0 aliphatic carbocycles. The van der Waals surface area contributed by atoms with Gasteiger partial charge in [0.15, 0.2) is 0 Å². The summed E-state index contributed by atoms with van der Waals surface area (Å²) >= 11 is 0. The first kappa shape index (κ1) is 23.3. The molecule has 5 nitrogen and oxygen atoms in total. The van der Waals surface area contributed by atoms with Crippen molar-refractivity contribution in [1.82, 2.24) is 0 Å². The molecule has 0 radical (unpaired) electrons. The Morgan fingerprint density at radius 3 is 1.87 bits per heavy atom. The maximum Gasteiger partial charge on any atom is 0.430 e. The highest BCUT2D eigenvalue weighted by Gasteiger charge is 2.71. The van der Waals surface area contributed by atoms with Gasteiger partial charge in [0.25, 0.3) is 5.60 Å². The lowest BCUT2D eigenvalue weighted by atomic mass is 9.92. The SMILES string of the molecule is O=C([O-])Cc1cccc(OCCOc2cccc(C(O)(C(F)(F)F)C(F)(F)F)c2)c1. The highest BCUT2D eigenvalue weighted by Crippen LogP contribution is 2.50. The zero-order valence-corrected chi connectivity index (χ0v) is 15.1. The fraction of sp³-hybridized carbons (Fsp3) is 0.316. The second-order valence-corrected chi connectivity index (χ2v) is 6.13. The number of carbonyl (C=O) groups excluding carboxylic acids is 1. The molecule has 2 aromatic rings. The van der Waals surface area contributed by atoms with Gasteiger partial charge < -0.3 is 24.5 Å². The van der Waals surface area contributed by atoms with Crippen LogP contribution in [-0.2, 0) is 16.8 Å². The minimum absolute atomic E-state index is 0.137. The summed E-state index contributed by atoms with van der Waals surface area (Å²) in [5, 5.41) is 20.0. The van der Waals surface area contributed by atoms with E-state index in [1.165, 1.54) is 24.3 Å². The summed E-state index contributed by atoms with van der Waals surface area (Å²) in [4.78, 5) is 10.6. The van der Waals surface area contributed by atoms with Gasteiger partial charge in [-0.3, -0.25) is 0 Å².